The van der Waals surface area contributed by atoms with Crippen LogP contribution in [0.15, 0.2) is 85.1 Å². The smallest absolute Gasteiger partial charge is 0.152 e. The Bertz CT molecular complexity index is 987. The minimum Gasteiger partial charge on any atom is -0.236 e. The summed E-state index contributed by atoms with van der Waals surface area (Å²) >= 11 is 0. The van der Waals surface area contributed by atoms with Gasteiger partial charge in [0.1, 0.15) is 0 Å². The van der Waals surface area contributed by atoms with Gasteiger partial charge < -0.3 is 0 Å². The first-order chi connectivity index (χ1) is 11.9. The molecule has 0 aliphatic rings. The van der Waals surface area contributed by atoms with Crippen LogP contribution >= 0.6 is 0 Å². The number of nitrogens with zero attached hydrogens (tertiary/aromatic N) is 2. The molecular formula is C22H16N2. The molecule has 0 aliphatic heterocycles. The summed E-state index contributed by atoms with van der Waals surface area (Å²) < 4.78 is 0. The first-order valence-corrected chi connectivity index (χ1v) is 7.94. The van der Waals surface area contributed by atoms with Crippen LogP contribution < -0.4 is 0 Å². The largest absolute Gasteiger partial charge is 0.236 e. The lowest BCUT2D eigenvalue weighted by atomic mass is 10.0. The van der Waals surface area contributed by atoms with E-state index in [1.165, 1.54) is 11.1 Å². The highest BCUT2D eigenvalue weighted by atomic mass is 14.9. The molecule has 4 aromatic rings. The number of para-hydroxylation sites is 1. The van der Waals surface area contributed by atoms with Crippen LogP contribution in [0.4, 0.5) is 0 Å². The Hall–Kier alpha value is -3.26. The van der Waals surface area contributed by atoms with Gasteiger partial charge in [-0.1, -0.05) is 78.9 Å². The van der Waals surface area contributed by atoms with E-state index in [9.17, 15) is 0 Å². The van der Waals surface area contributed by atoms with Gasteiger partial charge in [-0.3, -0.25) is 0 Å². The van der Waals surface area contributed by atoms with Gasteiger partial charge in [0.05, 0.1) is 5.52 Å². The van der Waals surface area contributed by atoms with E-state index < -0.39 is 0 Å². The van der Waals surface area contributed by atoms with Gasteiger partial charge in [0.15, 0.2) is 5.82 Å². The molecule has 0 bridgehead atoms. The third-order valence-corrected chi connectivity index (χ3v) is 3.95. The Balaban J connectivity index is 1.56. The molecule has 0 aliphatic carbocycles. The van der Waals surface area contributed by atoms with Gasteiger partial charge in [0.25, 0.3) is 0 Å². The standard InChI is InChI=1S/C22H16N2/c1-2-6-18(7-3-1)19-13-10-17(11-14-19)12-15-22-23-16-20-8-4-5-9-21(20)24-22/h1-16H/b15-12+. The Morgan fingerprint density at radius 3 is 2.17 bits per heavy atom. The molecule has 0 fully saturated rings. The van der Waals surface area contributed by atoms with E-state index in [-0.39, 0.29) is 0 Å². The van der Waals surface area contributed by atoms with E-state index in [0.717, 1.165) is 22.3 Å². The van der Waals surface area contributed by atoms with E-state index in [1.54, 1.807) is 0 Å². The second-order valence-electron chi connectivity index (χ2n) is 5.61. The third kappa shape index (κ3) is 3.08. The molecule has 0 amide bonds. The molecule has 0 unspecified atom stereocenters. The summed E-state index contributed by atoms with van der Waals surface area (Å²) in [6, 6.07) is 26.9. The van der Waals surface area contributed by atoms with Crippen LogP contribution in [0.2, 0.25) is 0 Å². The van der Waals surface area contributed by atoms with Crippen molar-refractivity contribution in [3.05, 3.63) is 96.4 Å². The quantitative estimate of drug-likeness (QED) is 0.501. The van der Waals surface area contributed by atoms with Crippen LogP contribution in [-0.2, 0) is 0 Å². The molecule has 0 N–H and O–H groups in total. The number of benzene rings is 3. The molecule has 0 radical (unpaired) electrons. The van der Waals surface area contributed by atoms with E-state index in [1.807, 2.05) is 48.7 Å². The van der Waals surface area contributed by atoms with Gasteiger partial charge in [-0.2, -0.15) is 0 Å². The molecule has 24 heavy (non-hydrogen) atoms. The van der Waals surface area contributed by atoms with E-state index in [4.69, 9.17) is 0 Å². The number of rotatable bonds is 3. The molecule has 0 saturated heterocycles. The predicted octanol–water partition coefficient (Wildman–Crippen LogP) is 5.47. The molecule has 2 heteroatoms. The summed E-state index contributed by atoms with van der Waals surface area (Å²) in [5.41, 5.74) is 4.54. The lowest BCUT2D eigenvalue weighted by Crippen LogP contribution is -1.87. The van der Waals surface area contributed by atoms with E-state index in [2.05, 4.69) is 58.5 Å². The van der Waals surface area contributed by atoms with Crippen molar-refractivity contribution in [2.24, 2.45) is 0 Å². The zero-order chi connectivity index (χ0) is 16.2. The zero-order valence-corrected chi connectivity index (χ0v) is 13.1. The average Bonchev–Trinajstić information content (AvgIpc) is 2.67. The molecule has 0 saturated carbocycles. The van der Waals surface area contributed by atoms with Crippen molar-refractivity contribution in [1.82, 2.24) is 9.97 Å². The van der Waals surface area contributed by atoms with Gasteiger partial charge in [-0.15, -0.1) is 0 Å². The second-order valence-corrected chi connectivity index (χ2v) is 5.61. The third-order valence-electron chi connectivity index (χ3n) is 3.95. The maximum absolute atomic E-state index is 4.56. The van der Waals surface area contributed by atoms with Crippen molar-refractivity contribution in [3.8, 4) is 11.1 Å². The van der Waals surface area contributed by atoms with Crippen LogP contribution in [0, 0.1) is 0 Å². The highest BCUT2D eigenvalue weighted by molar-refractivity contribution is 5.79. The van der Waals surface area contributed by atoms with E-state index in [0.29, 0.717) is 0 Å². The lowest BCUT2D eigenvalue weighted by molar-refractivity contribution is 1.19. The van der Waals surface area contributed by atoms with Crippen molar-refractivity contribution < 1.29 is 0 Å². The van der Waals surface area contributed by atoms with Crippen LogP contribution in [0.25, 0.3) is 34.2 Å². The Morgan fingerprint density at radius 2 is 1.33 bits per heavy atom. The van der Waals surface area contributed by atoms with Crippen molar-refractivity contribution in [2.75, 3.05) is 0 Å². The van der Waals surface area contributed by atoms with Crippen LogP contribution in [0.3, 0.4) is 0 Å². The fourth-order valence-electron chi connectivity index (χ4n) is 2.65. The van der Waals surface area contributed by atoms with Crippen molar-refractivity contribution >= 4 is 23.1 Å². The second kappa shape index (κ2) is 6.47. The molecule has 0 atom stereocenters. The molecule has 1 heterocycles. The van der Waals surface area contributed by atoms with Crippen LogP contribution in [0.1, 0.15) is 11.4 Å². The fraction of sp³-hybridized carbons (Fsp3) is 0. The van der Waals surface area contributed by atoms with Crippen molar-refractivity contribution in [2.45, 2.75) is 0 Å². The summed E-state index contributed by atoms with van der Waals surface area (Å²) in [6.45, 7) is 0. The topological polar surface area (TPSA) is 25.8 Å². The predicted molar refractivity (Wildman–Crippen MR) is 100 cm³/mol. The Morgan fingerprint density at radius 1 is 0.625 bits per heavy atom. The molecule has 1 aromatic heterocycles. The zero-order valence-electron chi connectivity index (χ0n) is 13.1. The molecule has 0 spiro atoms. The number of fused-ring (bicyclic) bond motifs is 1. The van der Waals surface area contributed by atoms with Gasteiger partial charge in [0.2, 0.25) is 0 Å². The average molecular weight is 308 g/mol. The molecule has 4 rings (SSSR count). The maximum Gasteiger partial charge on any atom is 0.152 e. The molecule has 3 aromatic carbocycles. The van der Waals surface area contributed by atoms with Crippen molar-refractivity contribution in [1.29, 1.82) is 0 Å². The summed E-state index contributed by atoms with van der Waals surface area (Å²) in [4.78, 5) is 8.95. The minimum atomic E-state index is 0.723. The SMILES string of the molecule is C(=C\c1ncc2ccccc2n1)/c1ccc(-c2ccccc2)cc1. The molecular weight excluding hydrogens is 292 g/mol. The fourth-order valence-corrected chi connectivity index (χ4v) is 2.65. The molecule has 114 valence electrons. The van der Waals surface area contributed by atoms with Gasteiger partial charge >= 0.3 is 0 Å². The van der Waals surface area contributed by atoms with Gasteiger partial charge in [-0.05, 0) is 28.8 Å². The Kier molecular flexibility index (Phi) is 3.86. The normalized spacial score (nSPS) is 11.2. The number of hydrogen-bond donors (Lipinski definition) is 0. The number of aromatic nitrogens is 2. The number of hydrogen-bond acceptors (Lipinski definition) is 2. The van der Waals surface area contributed by atoms with Crippen molar-refractivity contribution in [3.63, 3.8) is 0 Å². The van der Waals surface area contributed by atoms with Crippen LogP contribution in [0.5, 0.6) is 0 Å². The monoisotopic (exact) mass is 308 g/mol. The summed E-state index contributed by atoms with van der Waals surface area (Å²) in [5.74, 6) is 0.723. The minimum absolute atomic E-state index is 0.723. The highest BCUT2D eigenvalue weighted by Gasteiger charge is 1.98. The maximum atomic E-state index is 4.56. The van der Waals surface area contributed by atoms with Gasteiger partial charge in [0, 0.05) is 11.6 Å². The highest BCUT2D eigenvalue weighted by Crippen LogP contribution is 2.20. The lowest BCUT2D eigenvalue weighted by Gasteiger charge is -2.02. The van der Waals surface area contributed by atoms with E-state index >= 15 is 0 Å². The summed E-state index contributed by atoms with van der Waals surface area (Å²) in [5, 5.41) is 1.06. The first kappa shape index (κ1) is 14.3. The summed E-state index contributed by atoms with van der Waals surface area (Å²) in [6.07, 6.45) is 5.85. The van der Waals surface area contributed by atoms with Crippen LogP contribution in [-0.4, -0.2) is 9.97 Å². The summed E-state index contributed by atoms with van der Waals surface area (Å²) in [7, 11) is 0. The Labute approximate surface area is 141 Å². The first-order valence-electron chi connectivity index (χ1n) is 7.94. The van der Waals surface area contributed by atoms with Gasteiger partial charge in [-0.25, -0.2) is 9.97 Å². The molecule has 2 nitrogen and oxygen atoms in total.